The van der Waals surface area contributed by atoms with Gasteiger partial charge >= 0.3 is 5.97 Å². The van der Waals surface area contributed by atoms with Gasteiger partial charge in [-0.2, -0.15) is 0 Å². The zero-order chi connectivity index (χ0) is 14.4. The maximum Gasteiger partial charge on any atom is 0.308 e. The first-order chi connectivity index (χ1) is 9.49. The van der Waals surface area contributed by atoms with E-state index in [0.29, 0.717) is 12.1 Å². The molecule has 20 heavy (non-hydrogen) atoms. The third-order valence-electron chi connectivity index (χ3n) is 5.24. The Balaban J connectivity index is 1.90. The summed E-state index contributed by atoms with van der Waals surface area (Å²) in [5, 5.41) is 9.38. The Morgan fingerprint density at radius 3 is 2.75 bits per heavy atom. The molecule has 4 unspecified atom stereocenters. The molecule has 2 heterocycles. The monoisotopic (exact) mass is 273 g/mol. The van der Waals surface area contributed by atoms with E-state index in [9.17, 15) is 9.90 Å². The van der Waals surface area contributed by atoms with Gasteiger partial charge in [0, 0.05) is 18.1 Å². The van der Waals surface area contributed by atoms with Gasteiger partial charge in [0.05, 0.1) is 5.92 Å². The minimum atomic E-state index is -0.615. The molecule has 3 rings (SSSR count). The number of carboxylic acid groups (broad SMARTS) is 1. The molecule has 2 aliphatic rings. The van der Waals surface area contributed by atoms with Crippen LogP contribution in [-0.4, -0.2) is 28.1 Å². The number of nitrogens with zero attached hydrogens (tertiary/aromatic N) is 1. The van der Waals surface area contributed by atoms with E-state index in [2.05, 4.69) is 43.9 Å². The van der Waals surface area contributed by atoms with Gasteiger partial charge in [0.15, 0.2) is 0 Å². The van der Waals surface area contributed by atoms with Gasteiger partial charge in [-0.25, -0.2) is 0 Å². The van der Waals surface area contributed by atoms with Crippen LogP contribution in [0.25, 0.3) is 0 Å². The lowest BCUT2D eigenvalue weighted by atomic mass is 9.89. The fraction of sp³-hybridized carbons (Fsp3) is 0.588. The van der Waals surface area contributed by atoms with Gasteiger partial charge in [-0.05, 0) is 51.2 Å². The van der Waals surface area contributed by atoms with Crippen molar-refractivity contribution in [3.05, 3.63) is 34.9 Å². The summed E-state index contributed by atoms with van der Waals surface area (Å²) in [6.07, 6.45) is 3.02. The molecule has 0 spiro atoms. The van der Waals surface area contributed by atoms with Crippen LogP contribution < -0.4 is 0 Å². The summed E-state index contributed by atoms with van der Waals surface area (Å²) in [6.45, 7) is 6.50. The summed E-state index contributed by atoms with van der Waals surface area (Å²) < 4.78 is 0. The zero-order valence-corrected chi connectivity index (χ0v) is 12.5. The van der Waals surface area contributed by atoms with Crippen LogP contribution in [0, 0.1) is 19.8 Å². The number of hydrogen-bond acceptors (Lipinski definition) is 2. The highest BCUT2D eigenvalue weighted by Crippen LogP contribution is 2.46. The van der Waals surface area contributed by atoms with Gasteiger partial charge in [-0.3, -0.25) is 9.69 Å². The highest BCUT2D eigenvalue weighted by atomic mass is 16.4. The number of carbonyl (C=O) groups is 1. The summed E-state index contributed by atoms with van der Waals surface area (Å²) in [7, 11) is 0. The fourth-order valence-corrected chi connectivity index (χ4v) is 4.27. The smallest absolute Gasteiger partial charge is 0.308 e. The molecule has 3 heteroatoms. The van der Waals surface area contributed by atoms with E-state index in [-0.39, 0.29) is 12.0 Å². The second kappa shape index (κ2) is 4.88. The molecule has 108 valence electrons. The second-order valence-corrected chi connectivity index (χ2v) is 6.46. The van der Waals surface area contributed by atoms with Crippen LogP contribution in [0.3, 0.4) is 0 Å². The maximum atomic E-state index is 11.4. The van der Waals surface area contributed by atoms with E-state index in [4.69, 9.17) is 0 Å². The SMILES string of the molecule is Cc1ccc(C)c(C(C)N2C3CCC2C(C(=O)O)C3)c1. The molecule has 2 aliphatic heterocycles. The quantitative estimate of drug-likeness (QED) is 0.918. The Bertz CT molecular complexity index is 540. The molecule has 1 N–H and O–H groups in total. The van der Waals surface area contributed by atoms with Crippen molar-refractivity contribution >= 4 is 5.97 Å². The number of carboxylic acids is 1. The van der Waals surface area contributed by atoms with E-state index in [1.165, 1.54) is 16.7 Å². The highest BCUT2D eigenvalue weighted by Gasteiger charge is 2.50. The Labute approximate surface area is 120 Å². The predicted molar refractivity (Wildman–Crippen MR) is 78.7 cm³/mol. The minimum absolute atomic E-state index is 0.165. The molecule has 0 radical (unpaired) electrons. The number of fused-ring (bicyclic) bond motifs is 2. The molecule has 2 bridgehead atoms. The van der Waals surface area contributed by atoms with Gasteiger partial charge in [0.2, 0.25) is 0 Å². The van der Waals surface area contributed by atoms with Crippen LogP contribution in [0.4, 0.5) is 0 Å². The average molecular weight is 273 g/mol. The van der Waals surface area contributed by atoms with E-state index in [1.54, 1.807) is 0 Å². The maximum absolute atomic E-state index is 11.4. The molecule has 0 aromatic heterocycles. The first-order valence-corrected chi connectivity index (χ1v) is 7.56. The molecule has 0 amide bonds. The lowest BCUT2D eigenvalue weighted by molar-refractivity contribution is -0.142. The van der Waals surface area contributed by atoms with Crippen LogP contribution >= 0.6 is 0 Å². The van der Waals surface area contributed by atoms with Crippen molar-refractivity contribution in [2.45, 2.75) is 58.2 Å². The number of hydrogen-bond donors (Lipinski definition) is 1. The summed E-state index contributed by atoms with van der Waals surface area (Å²) in [5.74, 6) is -0.781. The van der Waals surface area contributed by atoms with Crippen molar-refractivity contribution in [3.63, 3.8) is 0 Å². The van der Waals surface area contributed by atoms with Crippen LogP contribution in [0.15, 0.2) is 18.2 Å². The summed E-state index contributed by atoms with van der Waals surface area (Å²) in [6, 6.07) is 7.58. The number of aryl methyl sites for hydroxylation is 2. The summed E-state index contributed by atoms with van der Waals surface area (Å²) >= 11 is 0. The number of aliphatic carboxylic acids is 1. The van der Waals surface area contributed by atoms with E-state index >= 15 is 0 Å². The lowest BCUT2D eigenvalue weighted by Crippen LogP contribution is -2.35. The van der Waals surface area contributed by atoms with Crippen molar-refractivity contribution in [1.29, 1.82) is 0 Å². The largest absolute Gasteiger partial charge is 0.481 e. The van der Waals surface area contributed by atoms with Gasteiger partial charge < -0.3 is 5.11 Å². The van der Waals surface area contributed by atoms with Crippen molar-refractivity contribution in [1.82, 2.24) is 4.90 Å². The van der Waals surface area contributed by atoms with E-state index < -0.39 is 5.97 Å². The molecule has 0 aliphatic carbocycles. The number of benzene rings is 1. The predicted octanol–water partition coefficient (Wildman–Crippen LogP) is 3.30. The van der Waals surface area contributed by atoms with Gasteiger partial charge in [0.25, 0.3) is 0 Å². The zero-order valence-electron chi connectivity index (χ0n) is 12.5. The Hall–Kier alpha value is -1.35. The van der Waals surface area contributed by atoms with Gasteiger partial charge in [0.1, 0.15) is 0 Å². The molecule has 0 saturated carbocycles. The fourth-order valence-electron chi connectivity index (χ4n) is 4.27. The van der Waals surface area contributed by atoms with Crippen molar-refractivity contribution < 1.29 is 9.90 Å². The summed E-state index contributed by atoms with van der Waals surface area (Å²) in [5.41, 5.74) is 3.94. The van der Waals surface area contributed by atoms with Crippen molar-refractivity contribution in [2.75, 3.05) is 0 Å². The molecule has 1 aromatic carbocycles. The third kappa shape index (κ3) is 2.05. The normalized spacial score (nSPS) is 30.6. The first-order valence-electron chi connectivity index (χ1n) is 7.56. The third-order valence-corrected chi connectivity index (χ3v) is 5.24. The molecule has 1 aromatic rings. The van der Waals surface area contributed by atoms with E-state index in [1.807, 2.05) is 0 Å². The van der Waals surface area contributed by atoms with Gasteiger partial charge in [-0.1, -0.05) is 23.8 Å². The minimum Gasteiger partial charge on any atom is -0.481 e. The highest BCUT2D eigenvalue weighted by molar-refractivity contribution is 5.71. The molecular weight excluding hydrogens is 250 g/mol. The molecular formula is C17H23NO2. The molecule has 3 nitrogen and oxygen atoms in total. The van der Waals surface area contributed by atoms with Crippen molar-refractivity contribution in [2.24, 2.45) is 5.92 Å². The van der Waals surface area contributed by atoms with Gasteiger partial charge in [-0.15, -0.1) is 0 Å². The lowest BCUT2D eigenvalue weighted by Gasteiger charge is -2.31. The molecule has 2 saturated heterocycles. The average Bonchev–Trinajstić information content (AvgIpc) is 2.98. The topological polar surface area (TPSA) is 40.5 Å². The van der Waals surface area contributed by atoms with Crippen molar-refractivity contribution in [3.8, 4) is 0 Å². The summed E-state index contributed by atoms with van der Waals surface area (Å²) in [4.78, 5) is 13.9. The Morgan fingerprint density at radius 1 is 1.35 bits per heavy atom. The molecule has 4 atom stereocenters. The van der Waals surface area contributed by atoms with Crippen LogP contribution in [-0.2, 0) is 4.79 Å². The Morgan fingerprint density at radius 2 is 2.10 bits per heavy atom. The Kier molecular flexibility index (Phi) is 3.33. The first kappa shape index (κ1) is 13.6. The second-order valence-electron chi connectivity index (χ2n) is 6.46. The van der Waals surface area contributed by atoms with E-state index in [0.717, 1.165) is 19.3 Å². The van der Waals surface area contributed by atoms with Crippen LogP contribution in [0.5, 0.6) is 0 Å². The number of rotatable bonds is 3. The van der Waals surface area contributed by atoms with Crippen LogP contribution in [0.2, 0.25) is 0 Å². The van der Waals surface area contributed by atoms with Crippen LogP contribution in [0.1, 0.15) is 48.9 Å². The standard InChI is InChI=1S/C17H23NO2/c1-10-4-5-11(2)14(8-10)12(3)18-13-6-7-16(18)15(9-13)17(19)20/h4-5,8,12-13,15-16H,6-7,9H2,1-3H3,(H,19,20). The molecule has 2 fully saturated rings.